The van der Waals surface area contributed by atoms with Crippen LogP contribution in [0.1, 0.15) is 28.6 Å². The quantitative estimate of drug-likeness (QED) is 0.941. The molecule has 0 saturated heterocycles. The zero-order chi connectivity index (χ0) is 14.2. The molecule has 3 nitrogen and oxygen atoms in total. The van der Waals surface area contributed by atoms with E-state index in [4.69, 9.17) is 5.73 Å². The summed E-state index contributed by atoms with van der Waals surface area (Å²) in [5, 5.41) is 4.36. The molecule has 5 heteroatoms. The minimum absolute atomic E-state index is 0.269. The largest absolute Gasteiger partial charge is 0.324 e. The lowest BCUT2D eigenvalue weighted by Gasteiger charge is -2.14. The van der Waals surface area contributed by atoms with Crippen LogP contribution in [0, 0.1) is 19.7 Å². The van der Waals surface area contributed by atoms with E-state index < -0.39 is 0 Å². The van der Waals surface area contributed by atoms with Crippen molar-refractivity contribution in [3.63, 3.8) is 0 Å². The molecule has 0 aliphatic heterocycles. The van der Waals surface area contributed by atoms with Crippen molar-refractivity contribution in [3.05, 3.63) is 51.0 Å². The number of rotatable bonds is 3. The van der Waals surface area contributed by atoms with Gasteiger partial charge in [-0.3, -0.25) is 4.68 Å². The van der Waals surface area contributed by atoms with Crippen molar-refractivity contribution in [2.45, 2.75) is 26.3 Å². The Morgan fingerprint density at radius 1 is 1.42 bits per heavy atom. The van der Waals surface area contributed by atoms with E-state index in [1.807, 2.05) is 25.6 Å². The number of hydrogen-bond acceptors (Lipinski definition) is 2. The lowest BCUT2D eigenvalue weighted by Crippen LogP contribution is -2.16. The summed E-state index contributed by atoms with van der Waals surface area (Å²) in [6.45, 7) is 3.95. The zero-order valence-corrected chi connectivity index (χ0v) is 12.8. The highest BCUT2D eigenvalue weighted by molar-refractivity contribution is 9.10. The second-order valence-electron chi connectivity index (χ2n) is 4.75. The smallest absolute Gasteiger partial charge is 0.128 e. The van der Waals surface area contributed by atoms with Crippen molar-refractivity contribution in [1.29, 1.82) is 0 Å². The fourth-order valence-corrected chi connectivity index (χ4v) is 2.62. The fraction of sp³-hybridized carbons (Fsp3) is 0.357. The summed E-state index contributed by atoms with van der Waals surface area (Å²) >= 11 is 3.34. The molecule has 1 aromatic heterocycles. The van der Waals surface area contributed by atoms with Crippen LogP contribution in [0.3, 0.4) is 0 Å². The number of aromatic nitrogens is 2. The molecule has 0 bridgehead atoms. The van der Waals surface area contributed by atoms with Crippen molar-refractivity contribution in [3.8, 4) is 0 Å². The SMILES string of the molecule is Cc1nn(C)c(C)c1CC(N)c1cc(Br)ccc1F. The van der Waals surface area contributed by atoms with Crippen LogP contribution >= 0.6 is 15.9 Å². The van der Waals surface area contributed by atoms with E-state index in [0.717, 1.165) is 21.4 Å². The summed E-state index contributed by atoms with van der Waals surface area (Å²) in [5.41, 5.74) is 9.79. The Labute approximate surface area is 120 Å². The minimum Gasteiger partial charge on any atom is -0.324 e. The van der Waals surface area contributed by atoms with E-state index in [1.165, 1.54) is 6.07 Å². The van der Waals surface area contributed by atoms with Crippen LogP contribution in [0.5, 0.6) is 0 Å². The third kappa shape index (κ3) is 2.87. The van der Waals surface area contributed by atoms with Gasteiger partial charge in [-0.2, -0.15) is 5.10 Å². The first-order valence-corrected chi connectivity index (χ1v) is 6.89. The first-order chi connectivity index (χ1) is 8.90. The molecule has 0 amide bonds. The Bertz CT molecular complexity index is 607. The van der Waals surface area contributed by atoms with E-state index in [0.29, 0.717) is 12.0 Å². The van der Waals surface area contributed by atoms with Gasteiger partial charge in [0.1, 0.15) is 5.82 Å². The Morgan fingerprint density at radius 3 is 2.68 bits per heavy atom. The molecule has 0 aliphatic carbocycles. The maximum absolute atomic E-state index is 13.8. The van der Waals surface area contributed by atoms with Crippen LogP contribution in [0.4, 0.5) is 4.39 Å². The second-order valence-corrected chi connectivity index (χ2v) is 5.67. The standard InChI is InChI=1S/C14H17BrFN3/c1-8-11(9(2)19(3)18-8)7-14(17)12-6-10(15)4-5-13(12)16/h4-6,14H,7,17H2,1-3H3. The second kappa shape index (κ2) is 5.43. The predicted octanol–water partition coefficient (Wildman–Crippen LogP) is 3.18. The first-order valence-electron chi connectivity index (χ1n) is 6.09. The average Bonchev–Trinajstić information content (AvgIpc) is 2.59. The molecule has 1 unspecified atom stereocenters. The van der Waals surface area contributed by atoms with E-state index >= 15 is 0 Å². The van der Waals surface area contributed by atoms with E-state index in [-0.39, 0.29) is 11.9 Å². The van der Waals surface area contributed by atoms with Gasteiger partial charge >= 0.3 is 0 Å². The number of nitrogens with zero attached hydrogens (tertiary/aromatic N) is 2. The van der Waals surface area contributed by atoms with E-state index in [9.17, 15) is 4.39 Å². The number of benzene rings is 1. The molecule has 0 radical (unpaired) electrons. The predicted molar refractivity (Wildman–Crippen MR) is 77.4 cm³/mol. The highest BCUT2D eigenvalue weighted by atomic mass is 79.9. The molecule has 1 heterocycles. The van der Waals surface area contributed by atoms with Gasteiger partial charge in [0.15, 0.2) is 0 Å². The lowest BCUT2D eigenvalue weighted by atomic mass is 9.98. The Balaban J connectivity index is 2.30. The van der Waals surface area contributed by atoms with Crippen molar-refractivity contribution in [2.75, 3.05) is 0 Å². The molecule has 2 N–H and O–H groups in total. The minimum atomic E-state index is -0.376. The first kappa shape index (κ1) is 14.2. The van der Waals surface area contributed by atoms with Gasteiger partial charge in [-0.15, -0.1) is 0 Å². The van der Waals surface area contributed by atoms with Crippen LogP contribution < -0.4 is 5.73 Å². The van der Waals surface area contributed by atoms with Crippen LogP contribution in [0.25, 0.3) is 0 Å². The van der Waals surface area contributed by atoms with Crippen LogP contribution in [-0.2, 0) is 13.5 Å². The summed E-state index contributed by atoms with van der Waals surface area (Å²) in [5.74, 6) is -0.269. The number of hydrogen-bond donors (Lipinski definition) is 1. The molecule has 0 fully saturated rings. The summed E-state index contributed by atoms with van der Waals surface area (Å²) in [6.07, 6.45) is 0.582. The maximum Gasteiger partial charge on any atom is 0.128 e. The molecular formula is C14H17BrFN3. The molecule has 1 aromatic carbocycles. The van der Waals surface area contributed by atoms with E-state index in [2.05, 4.69) is 21.0 Å². The highest BCUT2D eigenvalue weighted by Gasteiger charge is 2.17. The van der Waals surface area contributed by atoms with Crippen molar-refractivity contribution >= 4 is 15.9 Å². The van der Waals surface area contributed by atoms with Gasteiger partial charge in [-0.25, -0.2) is 4.39 Å². The third-order valence-electron chi connectivity index (χ3n) is 3.44. The molecular weight excluding hydrogens is 309 g/mol. The maximum atomic E-state index is 13.8. The third-order valence-corrected chi connectivity index (χ3v) is 3.93. The van der Waals surface area contributed by atoms with Gasteiger partial charge in [0.25, 0.3) is 0 Å². The molecule has 0 aliphatic rings. The molecule has 19 heavy (non-hydrogen) atoms. The van der Waals surface area contributed by atoms with E-state index in [1.54, 1.807) is 12.1 Å². The van der Waals surface area contributed by atoms with Crippen LogP contribution in [0.15, 0.2) is 22.7 Å². The van der Waals surface area contributed by atoms with Gasteiger partial charge < -0.3 is 5.73 Å². The average molecular weight is 326 g/mol. The van der Waals surface area contributed by atoms with Gasteiger partial charge in [0.05, 0.1) is 5.69 Å². The fourth-order valence-electron chi connectivity index (χ4n) is 2.24. The van der Waals surface area contributed by atoms with Gasteiger partial charge in [0.2, 0.25) is 0 Å². The molecule has 2 rings (SSSR count). The van der Waals surface area contributed by atoms with Crippen LogP contribution in [-0.4, -0.2) is 9.78 Å². The molecule has 1 atom stereocenters. The summed E-state index contributed by atoms with van der Waals surface area (Å²) < 4.78 is 16.5. The molecule has 2 aromatic rings. The highest BCUT2D eigenvalue weighted by Crippen LogP contribution is 2.25. The van der Waals surface area contributed by atoms with Gasteiger partial charge in [-0.05, 0) is 44.0 Å². The van der Waals surface area contributed by atoms with Gasteiger partial charge in [0, 0.05) is 28.8 Å². The lowest BCUT2D eigenvalue weighted by molar-refractivity contribution is 0.579. The zero-order valence-electron chi connectivity index (χ0n) is 11.2. The van der Waals surface area contributed by atoms with Crippen molar-refractivity contribution in [2.24, 2.45) is 12.8 Å². The summed E-state index contributed by atoms with van der Waals surface area (Å²) in [4.78, 5) is 0. The number of halogens is 2. The number of nitrogens with two attached hydrogens (primary N) is 1. The topological polar surface area (TPSA) is 43.8 Å². The normalized spacial score (nSPS) is 12.7. The van der Waals surface area contributed by atoms with Crippen molar-refractivity contribution < 1.29 is 4.39 Å². The number of aryl methyl sites for hydroxylation is 2. The summed E-state index contributed by atoms with van der Waals surface area (Å²) in [7, 11) is 1.90. The van der Waals surface area contributed by atoms with Crippen LogP contribution in [0.2, 0.25) is 0 Å². The molecule has 102 valence electrons. The van der Waals surface area contributed by atoms with Gasteiger partial charge in [-0.1, -0.05) is 15.9 Å². The molecule has 0 saturated carbocycles. The summed E-state index contributed by atoms with van der Waals surface area (Å²) in [6, 6.07) is 4.47. The Morgan fingerprint density at radius 2 is 2.11 bits per heavy atom. The Hall–Kier alpha value is -1.20. The molecule has 0 spiro atoms. The monoisotopic (exact) mass is 325 g/mol. The Kier molecular flexibility index (Phi) is 4.06. The van der Waals surface area contributed by atoms with Crippen molar-refractivity contribution in [1.82, 2.24) is 9.78 Å².